The first-order valence-corrected chi connectivity index (χ1v) is 13.8. The Labute approximate surface area is 205 Å². The summed E-state index contributed by atoms with van der Waals surface area (Å²) in [6.45, 7) is 3.17. The topological polar surface area (TPSA) is 122 Å². The highest BCUT2D eigenvalue weighted by Crippen LogP contribution is 2.25. The number of methoxy groups -OCH3 is 1. The second kappa shape index (κ2) is 10.4. The lowest BCUT2D eigenvalue weighted by atomic mass is 10.1. The van der Waals surface area contributed by atoms with E-state index in [2.05, 4.69) is 10.0 Å². The summed E-state index contributed by atoms with van der Waals surface area (Å²) in [7, 11) is -6.09. The van der Waals surface area contributed by atoms with Gasteiger partial charge in [-0.3, -0.25) is 13.8 Å². The molecule has 0 saturated heterocycles. The second-order valence-electron chi connectivity index (χ2n) is 7.91. The van der Waals surface area contributed by atoms with Crippen LogP contribution in [0, 0.1) is 13.8 Å². The monoisotopic (exact) mass is 517 g/mol. The van der Waals surface area contributed by atoms with Crippen LogP contribution >= 0.6 is 0 Å². The Morgan fingerprint density at radius 2 is 1.46 bits per heavy atom. The van der Waals surface area contributed by atoms with Crippen molar-refractivity contribution in [3.8, 4) is 5.75 Å². The summed E-state index contributed by atoms with van der Waals surface area (Å²) in [6, 6.07) is 17.3. The Kier molecular flexibility index (Phi) is 7.71. The normalized spacial score (nSPS) is 11.5. The number of benzene rings is 3. The molecule has 0 bridgehead atoms. The highest BCUT2D eigenvalue weighted by Gasteiger charge is 2.21. The summed E-state index contributed by atoms with van der Waals surface area (Å²) in [5.41, 5.74) is 2.74. The number of para-hydroxylation sites is 1. The quantitative estimate of drug-likeness (QED) is 0.448. The third-order valence-corrected chi connectivity index (χ3v) is 7.72. The van der Waals surface area contributed by atoms with Crippen molar-refractivity contribution in [3.05, 3.63) is 77.9 Å². The van der Waals surface area contributed by atoms with Gasteiger partial charge >= 0.3 is 0 Å². The number of hydrogen-bond acceptors (Lipinski definition) is 6. The molecule has 0 saturated carbocycles. The number of amides is 1. The minimum absolute atomic E-state index is 0.0224. The number of carbonyl (C=O) groups is 1. The SMILES string of the molecule is COc1ccc(N(CC(=O)Nc2ccc(S(=O)(=O)Nc3c(C)cccc3C)cc2)S(C)(=O)=O)cc1. The fraction of sp³-hybridized carbons (Fsp3) is 0.208. The predicted octanol–water partition coefficient (Wildman–Crippen LogP) is 3.52. The Bertz CT molecular complexity index is 1400. The number of carbonyl (C=O) groups excluding carboxylic acids is 1. The molecule has 0 fully saturated rings. The Balaban J connectivity index is 1.73. The van der Waals surface area contributed by atoms with Gasteiger partial charge in [-0.2, -0.15) is 0 Å². The molecule has 0 aliphatic rings. The Morgan fingerprint density at radius 3 is 1.97 bits per heavy atom. The zero-order chi connectivity index (χ0) is 25.8. The van der Waals surface area contributed by atoms with E-state index in [1.807, 2.05) is 32.0 Å². The standard InChI is InChI=1S/C24H27N3O6S2/c1-17-6-5-7-18(2)24(17)26-35(31,32)22-14-8-19(9-15-22)25-23(28)16-27(34(4,29)30)20-10-12-21(33-3)13-11-20/h5-15,26H,16H2,1-4H3,(H,25,28). The lowest BCUT2D eigenvalue weighted by molar-refractivity contribution is -0.114. The summed E-state index contributed by atoms with van der Waals surface area (Å²) in [6.07, 6.45) is 1.01. The van der Waals surface area contributed by atoms with E-state index in [4.69, 9.17) is 4.74 Å². The molecule has 3 rings (SSSR count). The molecule has 3 aromatic rings. The Morgan fingerprint density at radius 1 is 0.886 bits per heavy atom. The van der Waals surface area contributed by atoms with Crippen molar-refractivity contribution < 1.29 is 26.4 Å². The molecule has 0 spiro atoms. The smallest absolute Gasteiger partial charge is 0.261 e. The molecule has 0 radical (unpaired) electrons. The summed E-state index contributed by atoms with van der Waals surface area (Å²) in [5, 5.41) is 2.60. The molecule has 0 aliphatic heterocycles. The van der Waals surface area contributed by atoms with Crippen LogP contribution in [0.3, 0.4) is 0 Å². The largest absolute Gasteiger partial charge is 0.497 e. The lowest BCUT2D eigenvalue weighted by Crippen LogP contribution is -2.37. The third-order valence-electron chi connectivity index (χ3n) is 5.21. The van der Waals surface area contributed by atoms with Crippen molar-refractivity contribution in [2.24, 2.45) is 0 Å². The van der Waals surface area contributed by atoms with E-state index in [9.17, 15) is 21.6 Å². The number of rotatable bonds is 9. The van der Waals surface area contributed by atoms with E-state index >= 15 is 0 Å². The van der Waals surface area contributed by atoms with Gasteiger partial charge in [-0.15, -0.1) is 0 Å². The molecule has 9 nitrogen and oxygen atoms in total. The molecular weight excluding hydrogens is 490 g/mol. The number of hydrogen-bond donors (Lipinski definition) is 2. The van der Waals surface area contributed by atoms with Crippen LogP contribution in [0.5, 0.6) is 5.75 Å². The molecule has 1 amide bonds. The van der Waals surface area contributed by atoms with E-state index in [-0.39, 0.29) is 4.90 Å². The van der Waals surface area contributed by atoms with E-state index in [1.165, 1.54) is 43.5 Å². The minimum Gasteiger partial charge on any atom is -0.497 e. The first-order valence-electron chi connectivity index (χ1n) is 10.5. The second-order valence-corrected chi connectivity index (χ2v) is 11.5. The van der Waals surface area contributed by atoms with Crippen LogP contribution in [0.2, 0.25) is 0 Å². The number of nitrogens with zero attached hydrogens (tertiary/aromatic N) is 1. The highest BCUT2D eigenvalue weighted by atomic mass is 32.2. The Hall–Kier alpha value is -3.57. The van der Waals surface area contributed by atoms with Crippen LogP contribution in [0.1, 0.15) is 11.1 Å². The number of sulfonamides is 2. The summed E-state index contributed by atoms with van der Waals surface area (Å²) in [5.74, 6) is -0.0377. The predicted molar refractivity (Wildman–Crippen MR) is 137 cm³/mol. The molecule has 0 heterocycles. The molecule has 2 N–H and O–H groups in total. The zero-order valence-corrected chi connectivity index (χ0v) is 21.4. The summed E-state index contributed by atoms with van der Waals surface area (Å²) in [4.78, 5) is 12.6. The van der Waals surface area contributed by atoms with Gasteiger partial charge in [-0.05, 0) is 73.5 Å². The number of ether oxygens (including phenoxy) is 1. The maximum Gasteiger partial charge on any atom is 0.261 e. The molecule has 11 heteroatoms. The maximum absolute atomic E-state index is 12.8. The average Bonchev–Trinajstić information content (AvgIpc) is 2.80. The fourth-order valence-electron chi connectivity index (χ4n) is 3.37. The first-order chi connectivity index (χ1) is 16.4. The van der Waals surface area contributed by atoms with Crippen molar-refractivity contribution >= 4 is 43.0 Å². The van der Waals surface area contributed by atoms with E-state index < -0.39 is 32.5 Å². The molecule has 186 valence electrons. The van der Waals surface area contributed by atoms with Crippen LogP contribution < -0.4 is 19.1 Å². The van der Waals surface area contributed by atoms with Gasteiger partial charge in [0.15, 0.2) is 0 Å². The number of aryl methyl sites for hydroxylation is 2. The van der Waals surface area contributed by atoms with E-state index in [0.717, 1.165) is 21.7 Å². The fourth-order valence-corrected chi connectivity index (χ4v) is 5.42. The van der Waals surface area contributed by atoms with Gasteiger partial charge in [0.1, 0.15) is 12.3 Å². The van der Waals surface area contributed by atoms with E-state index in [0.29, 0.717) is 22.8 Å². The molecule has 35 heavy (non-hydrogen) atoms. The third kappa shape index (κ3) is 6.52. The van der Waals surface area contributed by atoms with Crippen molar-refractivity contribution in [3.63, 3.8) is 0 Å². The van der Waals surface area contributed by atoms with E-state index in [1.54, 1.807) is 12.1 Å². The van der Waals surface area contributed by atoms with Crippen molar-refractivity contribution in [1.29, 1.82) is 0 Å². The van der Waals surface area contributed by atoms with Gasteiger partial charge in [0.05, 0.1) is 29.6 Å². The molecule has 0 atom stereocenters. The number of nitrogens with one attached hydrogen (secondary N) is 2. The molecule has 0 aromatic heterocycles. The van der Waals surface area contributed by atoms with Gasteiger partial charge in [-0.25, -0.2) is 16.8 Å². The lowest BCUT2D eigenvalue weighted by Gasteiger charge is -2.22. The van der Waals surface area contributed by atoms with Crippen molar-refractivity contribution in [1.82, 2.24) is 0 Å². The molecular formula is C24H27N3O6S2. The van der Waals surface area contributed by atoms with Gasteiger partial charge in [-0.1, -0.05) is 18.2 Å². The van der Waals surface area contributed by atoms with Crippen LogP contribution in [0.15, 0.2) is 71.6 Å². The first kappa shape index (κ1) is 26.0. The highest BCUT2D eigenvalue weighted by molar-refractivity contribution is 7.92. The maximum atomic E-state index is 12.8. The van der Waals surface area contributed by atoms with Crippen LogP contribution in [-0.2, 0) is 24.8 Å². The summed E-state index contributed by atoms with van der Waals surface area (Å²) >= 11 is 0. The summed E-state index contributed by atoms with van der Waals surface area (Å²) < 4.78 is 58.8. The van der Waals surface area contributed by atoms with Gasteiger partial charge in [0, 0.05) is 5.69 Å². The van der Waals surface area contributed by atoms with Crippen LogP contribution in [0.4, 0.5) is 17.1 Å². The van der Waals surface area contributed by atoms with Gasteiger partial charge < -0.3 is 10.1 Å². The zero-order valence-electron chi connectivity index (χ0n) is 19.8. The minimum atomic E-state index is -3.84. The van der Waals surface area contributed by atoms with Gasteiger partial charge in [0.25, 0.3) is 10.0 Å². The number of anilines is 3. The van der Waals surface area contributed by atoms with Crippen LogP contribution in [-0.4, -0.2) is 42.7 Å². The molecule has 3 aromatic carbocycles. The molecule has 0 aliphatic carbocycles. The average molecular weight is 518 g/mol. The van der Waals surface area contributed by atoms with Crippen LogP contribution in [0.25, 0.3) is 0 Å². The van der Waals surface area contributed by atoms with Crippen molar-refractivity contribution in [2.75, 3.05) is 34.3 Å². The van der Waals surface area contributed by atoms with Crippen molar-refractivity contribution in [2.45, 2.75) is 18.7 Å². The molecule has 0 unspecified atom stereocenters. The van der Waals surface area contributed by atoms with Gasteiger partial charge in [0.2, 0.25) is 15.9 Å².